The highest BCUT2D eigenvalue weighted by Crippen LogP contribution is 1.96. The maximum atomic E-state index is 10.1. The zero-order chi connectivity index (χ0) is 4.50. The second-order valence-corrected chi connectivity index (χ2v) is 1.30. The molecule has 0 saturated heterocycles. The monoisotopic (exact) mass is 104 g/mol. The first kappa shape index (κ1) is 4.97. The molecule has 0 aromatic carbocycles. The van der Waals surface area contributed by atoms with Gasteiger partial charge in [-0.05, 0) is 0 Å². The molecule has 0 aromatic heterocycles. The van der Waals surface area contributed by atoms with E-state index < -0.39 is 11.0 Å². The Hall–Kier alpha value is -0.0300. The minimum Gasteiger partial charge on any atom is -0.258 e. The maximum absolute atomic E-state index is 10.1. The van der Waals surface area contributed by atoms with Gasteiger partial charge < -0.3 is 0 Å². The number of hydrogen-bond acceptors (Lipinski definition) is 1. The van der Waals surface area contributed by atoms with E-state index in [9.17, 15) is 7.77 Å². The maximum Gasteiger partial charge on any atom is 0.0579 e. The van der Waals surface area contributed by atoms with Crippen molar-refractivity contribution >= 4 is 11.0 Å². The zero-order valence-electron chi connectivity index (χ0n) is 2.06. The largest absolute Gasteiger partial charge is 0.258 e. The Kier molecular flexibility index (Phi) is 0.977. The van der Waals surface area contributed by atoms with Crippen LogP contribution in [-0.2, 0) is 11.0 Å². The zero-order valence-corrected chi connectivity index (χ0v) is 2.95. The lowest BCUT2D eigenvalue weighted by Crippen LogP contribution is -1.85. The van der Waals surface area contributed by atoms with E-state index in [1.54, 1.807) is 0 Å². The standard InChI is InChI=1S/F2H2O2S/c1-5(2,3)4/h5H,(H,3,4). The lowest BCUT2D eigenvalue weighted by molar-refractivity contribution is 0.433. The summed E-state index contributed by atoms with van der Waals surface area (Å²) in [5.41, 5.74) is 0. The van der Waals surface area contributed by atoms with E-state index in [4.69, 9.17) is 8.76 Å². The quantitative estimate of drug-likeness (QED) is 0.341. The summed E-state index contributed by atoms with van der Waals surface area (Å²) < 4.78 is 35.4. The van der Waals surface area contributed by atoms with Crippen LogP contribution in [0.1, 0.15) is 0 Å². The molecule has 0 aliphatic heterocycles. The van der Waals surface area contributed by atoms with Crippen LogP contribution in [-0.4, -0.2) is 8.76 Å². The van der Waals surface area contributed by atoms with Crippen molar-refractivity contribution in [2.75, 3.05) is 0 Å². The molecule has 0 rings (SSSR count). The highest BCUT2D eigenvalue weighted by molar-refractivity contribution is 7.87. The molecule has 0 amide bonds. The average molecular weight is 104 g/mol. The molecule has 5 heavy (non-hydrogen) atoms. The predicted molar refractivity (Wildman–Crippen MR) is 14.4 cm³/mol. The molecule has 0 bridgehead atoms. The highest BCUT2D eigenvalue weighted by Gasteiger charge is 1.84. The van der Waals surface area contributed by atoms with Gasteiger partial charge in [-0.3, -0.25) is 4.55 Å². The van der Waals surface area contributed by atoms with Crippen molar-refractivity contribution in [2.24, 2.45) is 0 Å². The van der Waals surface area contributed by atoms with Gasteiger partial charge in [0, 0.05) is 0 Å². The minimum atomic E-state index is -5.64. The van der Waals surface area contributed by atoms with Crippen LogP contribution in [0.3, 0.4) is 0 Å². The van der Waals surface area contributed by atoms with Crippen LogP contribution >= 0.6 is 0 Å². The fourth-order valence-electron chi connectivity index (χ4n) is 0. The molecule has 0 spiro atoms. The molecule has 34 valence electrons. The van der Waals surface area contributed by atoms with Gasteiger partial charge in [0.2, 0.25) is 0 Å². The van der Waals surface area contributed by atoms with Gasteiger partial charge in [0.05, 0.1) is 11.0 Å². The SMILES string of the molecule is O=[SH](O)(F)F. The van der Waals surface area contributed by atoms with Crippen molar-refractivity contribution in [2.45, 2.75) is 0 Å². The lowest BCUT2D eigenvalue weighted by Gasteiger charge is -1.91. The third-order valence-electron chi connectivity index (χ3n) is 0. The fraction of sp³-hybridized carbons (Fsp3) is 0. The Balaban J connectivity index is 3.47. The molecule has 0 atom stereocenters. The summed E-state index contributed by atoms with van der Waals surface area (Å²) in [6.07, 6.45) is 0. The first-order valence-electron chi connectivity index (χ1n) is 0.721. The van der Waals surface area contributed by atoms with E-state index in [0.717, 1.165) is 0 Å². The van der Waals surface area contributed by atoms with Crippen LogP contribution in [0.4, 0.5) is 7.77 Å². The van der Waals surface area contributed by atoms with Crippen LogP contribution in [0.15, 0.2) is 0 Å². The highest BCUT2D eigenvalue weighted by atomic mass is 32.3. The fourth-order valence-corrected chi connectivity index (χ4v) is 0. The smallest absolute Gasteiger partial charge is 0.0579 e. The number of halogens is 2. The minimum absolute atomic E-state index is 5.64. The van der Waals surface area contributed by atoms with Crippen molar-refractivity contribution in [3.05, 3.63) is 0 Å². The number of thiol groups is 1. The van der Waals surface area contributed by atoms with Gasteiger partial charge in [0.1, 0.15) is 0 Å². The van der Waals surface area contributed by atoms with Crippen molar-refractivity contribution in [1.29, 1.82) is 0 Å². The van der Waals surface area contributed by atoms with Crippen LogP contribution < -0.4 is 0 Å². The third kappa shape index (κ3) is 17100. The van der Waals surface area contributed by atoms with Gasteiger partial charge in [-0.15, -0.1) is 0 Å². The van der Waals surface area contributed by atoms with Crippen LogP contribution in [0, 0.1) is 0 Å². The van der Waals surface area contributed by atoms with Gasteiger partial charge in [-0.25, -0.2) is 0 Å². The van der Waals surface area contributed by atoms with E-state index in [1.165, 1.54) is 0 Å². The third-order valence-corrected chi connectivity index (χ3v) is 0. The van der Waals surface area contributed by atoms with E-state index in [-0.39, 0.29) is 0 Å². The van der Waals surface area contributed by atoms with Crippen LogP contribution in [0.5, 0.6) is 0 Å². The molecular formula is H2F2O2S. The molecule has 5 heteroatoms. The summed E-state index contributed by atoms with van der Waals surface area (Å²) in [7, 11) is -5.64. The molecular weight excluding hydrogens is 102 g/mol. The first-order valence-corrected chi connectivity index (χ1v) is 2.16. The second kappa shape index (κ2) is 0.983. The summed E-state index contributed by atoms with van der Waals surface area (Å²) in [5, 5.41) is 0. The Bertz CT molecular complexity index is 53.8. The Morgan fingerprint density at radius 2 is 1.60 bits per heavy atom. The van der Waals surface area contributed by atoms with Gasteiger partial charge in [0.25, 0.3) is 0 Å². The predicted octanol–water partition coefficient (Wildman–Crippen LogP) is 0.245. The summed E-state index contributed by atoms with van der Waals surface area (Å²) >= 11 is 0. The molecule has 0 aromatic rings. The Morgan fingerprint density at radius 1 is 1.60 bits per heavy atom. The number of rotatable bonds is 0. The molecule has 0 radical (unpaired) electrons. The Labute approximate surface area is 28.6 Å². The van der Waals surface area contributed by atoms with Gasteiger partial charge in [-0.1, -0.05) is 7.77 Å². The van der Waals surface area contributed by atoms with Crippen molar-refractivity contribution in [1.82, 2.24) is 0 Å². The summed E-state index contributed by atoms with van der Waals surface area (Å²) in [5.74, 6) is 0. The normalized spacial score (nSPS) is 15.0. The Morgan fingerprint density at radius 3 is 1.60 bits per heavy atom. The summed E-state index contributed by atoms with van der Waals surface area (Å²) in [6, 6.07) is 0. The van der Waals surface area contributed by atoms with Gasteiger partial charge in [0.15, 0.2) is 0 Å². The molecule has 0 saturated carbocycles. The molecule has 0 aliphatic carbocycles. The van der Waals surface area contributed by atoms with Crippen molar-refractivity contribution in [3.63, 3.8) is 0 Å². The molecule has 1 N–H and O–H groups in total. The molecule has 2 nitrogen and oxygen atoms in total. The molecule has 0 heterocycles. The first-order chi connectivity index (χ1) is 2.00. The van der Waals surface area contributed by atoms with E-state index in [0.29, 0.717) is 0 Å². The van der Waals surface area contributed by atoms with E-state index in [1.807, 2.05) is 0 Å². The average Bonchev–Trinajstić information content (AvgIpc) is 0.722. The lowest BCUT2D eigenvalue weighted by atomic mass is 15.9. The molecule has 0 aliphatic rings. The van der Waals surface area contributed by atoms with Crippen LogP contribution in [0.25, 0.3) is 0 Å². The van der Waals surface area contributed by atoms with Gasteiger partial charge >= 0.3 is 0 Å². The number of hydrogen-bond donors (Lipinski definition) is 2. The summed E-state index contributed by atoms with van der Waals surface area (Å²) in [6.45, 7) is 0. The molecule has 0 fully saturated rings. The second-order valence-electron chi connectivity index (χ2n) is 0.435. The summed E-state index contributed by atoms with van der Waals surface area (Å²) in [4.78, 5) is 0. The topological polar surface area (TPSA) is 37.3 Å². The molecule has 0 unspecified atom stereocenters. The van der Waals surface area contributed by atoms with E-state index in [2.05, 4.69) is 0 Å². The van der Waals surface area contributed by atoms with Crippen molar-refractivity contribution < 1.29 is 16.5 Å². The van der Waals surface area contributed by atoms with Gasteiger partial charge in [-0.2, -0.15) is 4.21 Å². The van der Waals surface area contributed by atoms with Crippen molar-refractivity contribution in [3.8, 4) is 0 Å². The van der Waals surface area contributed by atoms with E-state index >= 15 is 0 Å². The van der Waals surface area contributed by atoms with Crippen LogP contribution in [0.2, 0.25) is 0 Å².